The predicted octanol–water partition coefficient (Wildman–Crippen LogP) is 1.18. The highest BCUT2D eigenvalue weighted by Crippen LogP contribution is 2.19. The average molecular weight is 250 g/mol. The molecule has 3 heteroatoms. The number of aryl methyl sites for hydroxylation is 2. The van der Waals surface area contributed by atoms with Crippen LogP contribution in [-0.2, 0) is 0 Å². The van der Waals surface area contributed by atoms with Crippen molar-refractivity contribution in [2.45, 2.75) is 13.8 Å². The first-order valence-corrected chi connectivity index (χ1v) is 6.30. The van der Waals surface area contributed by atoms with Gasteiger partial charge in [0.25, 0.3) is 5.84 Å². The normalized spacial score (nSPS) is 15.5. The number of rotatable bonds is 1. The van der Waals surface area contributed by atoms with Gasteiger partial charge in [-0.05, 0) is 49.2 Å². The van der Waals surface area contributed by atoms with Crippen LogP contribution < -0.4 is 10.7 Å². The molecule has 2 aromatic rings. The van der Waals surface area contributed by atoms with Gasteiger partial charge < -0.3 is 5.73 Å². The SMILES string of the molecule is Cc1ccc(N=C2[NH+]=C(N)c3ccccc32)cc1C. The molecular formula is C16H16N3+. The number of hydrogen-bond acceptors (Lipinski definition) is 2. The predicted molar refractivity (Wildman–Crippen MR) is 77.8 cm³/mol. The van der Waals surface area contributed by atoms with Crippen LogP contribution in [0.25, 0.3) is 0 Å². The Balaban J connectivity index is 2.08. The first-order chi connectivity index (χ1) is 9.15. The maximum Gasteiger partial charge on any atom is 0.269 e. The van der Waals surface area contributed by atoms with Crippen LogP contribution in [0.4, 0.5) is 5.69 Å². The lowest BCUT2D eigenvalue weighted by atomic mass is 10.1. The first-order valence-electron chi connectivity index (χ1n) is 6.30. The van der Waals surface area contributed by atoms with Gasteiger partial charge in [0.2, 0.25) is 5.84 Å². The molecular weight excluding hydrogens is 234 g/mol. The minimum Gasteiger partial charge on any atom is -0.318 e. The molecule has 0 radical (unpaired) electrons. The van der Waals surface area contributed by atoms with Crippen LogP contribution in [-0.4, -0.2) is 11.7 Å². The third-order valence-electron chi connectivity index (χ3n) is 3.46. The summed E-state index contributed by atoms with van der Waals surface area (Å²) in [5, 5.41) is 0. The molecule has 19 heavy (non-hydrogen) atoms. The average Bonchev–Trinajstić information content (AvgIpc) is 2.72. The highest BCUT2D eigenvalue weighted by atomic mass is 15.0. The molecule has 1 aliphatic heterocycles. The molecule has 3 nitrogen and oxygen atoms in total. The van der Waals surface area contributed by atoms with Crippen molar-refractivity contribution in [2.75, 3.05) is 0 Å². The van der Waals surface area contributed by atoms with E-state index in [9.17, 15) is 0 Å². The third kappa shape index (κ3) is 2.03. The Bertz CT molecular complexity index is 712. The Labute approximate surface area is 112 Å². The molecule has 2 aromatic carbocycles. The number of amidine groups is 2. The standard InChI is InChI=1S/C16H15N3/c1-10-7-8-12(9-11(10)2)18-16-14-6-4-3-5-13(14)15(17)19-16/h3-9H,1-2H3,(H2,17,18,19)/p+1. The molecule has 3 rings (SSSR count). The molecule has 0 saturated carbocycles. The van der Waals surface area contributed by atoms with Crippen LogP contribution in [0.15, 0.2) is 47.5 Å². The summed E-state index contributed by atoms with van der Waals surface area (Å²) in [5.74, 6) is 1.48. The van der Waals surface area contributed by atoms with Crippen LogP contribution in [0.1, 0.15) is 22.3 Å². The first kappa shape index (κ1) is 11.7. The topological polar surface area (TPSA) is 52.3 Å². The Morgan fingerprint density at radius 2 is 1.68 bits per heavy atom. The summed E-state index contributed by atoms with van der Waals surface area (Å²) in [7, 11) is 0. The quantitative estimate of drug-likeness (QED) is 0.784. The van der Waals surface area contributed by atoms with Crippen molar-refractivity contribution < 1.29 is 4.99 Å². The van der Waals surface area contributed by atoms with Gasteiger partial charge in [0.1, 0.15) is 5.69 Å². The summed E-state index contributed by atoms with van der Waals surface area (Å²) >= 11 is 0. The van der Waals surface area contributed by atoms with Gasteiger partial charge in [0.05, 0.1) is 11.1 Å². The van der Waals surface area contributed by atoms with E-state index >= 15 is 0 Å². The van der Waals surface area contributed by atoms with Gasteiger partial charge in [-0.1, -0.05) is 18.2 Å². The summed E-state index contributed by atoms with van der Waals surface area (Å²) < 4.78 is 0. The highest BCUT2D eigenvalue weighted by molar-refractivity contribution is 6.12. The van der Waals surface area contributed by atoms with Crippen molar-refractivity contribution in [1.82, 2.24) is 0 Å². The van der Waals surface area contributed by atoms with Crippen LogP contribution in [0, 0.1) is 13.8 Å². The van der Waals surface area contributed by atoms with Crippen molar-refractivity contribution in [1.29, 1.82) is 0 Å². The number of benzene rings is 2. The molecule has 0 unspecified atom stereocenters. The molecule has 0 saturated heterocycles. The monoisotopic (exact) mass is 250 g/mol. The number of fused-ring (bicyclic) bond motifs is 1. The summed E-state index contributed by atoms with van der Waals surface area (Å²) in [4.78, 5) is 7.80. The molecule has 0 atom stereocenters. The molecule has 94 valence electrons. The van der Waals surface area contributed by atoms with Gasteiger partial charge in [-0.15, -0.1) is 4.99 Å². The maximum atomic E-state index is 5.97. The van der Waals surface area contributed by atoms with Gasteiger partial charge in [0.15, 0.2) is 0 Å². The molecule has 0 spiro atoms. The Morgan fingerprint density at radius 1 is 0.947 bits per heavy atom. The van der Waals surface area contributed by atoms with E-state index in [1.165, 1.54) is 11.1 Å². The third-order valence-corrected chi connectivity index (χ3v) is 3.46. The molecule has 0 amide bonds. The van der Waals surface area contributed by atoms with E-state index in [0.29, 0.717) is 5.84 Å². The molecule has 1 aliphatic rings. The summed E-state index contributed by atoms with van der Waals surface area (Å²) in [6.45, 7) is 4.19. The van der Waals surface area contributed by atoms with Crippen LogP contribution in [0.3, 0.4) is 0 Å². The van der Waals surface area contributed by atoms with E-state index < -0.39 is 0 Å². The highest BCUT2D eigenvalue weighted by Gasteiger charge is 2.23. The Hall–Kier alpha value is -2.42. The minimum absolute atomic E-state index is 0.665. The number of hydrogen-bond donors (Lipinski definition) is 2. The molecule has 0 aliphatic carbocycles. The molecule has 0 bridgehead atoms. The van der Waals surface area contributed by atoms with E-state index in [1.807, 2.05) is 30.3 Å². The Kier molecular flexibility index (Phi) is 2.67. The molecule has 3 N–H and O–H groups in total. The second-order valence-corrected chi connectivity index (χ2v) is 4.81. The van der Waals surface area contributed by atoms with Gasteiger partial charge in [-0.2, -0.15) is 0 Å². The molecule has 0 aromatic heterocycles. The van der Waals surface area contributed by atoms with Crippen molar-refractivity contribution in [3.8, 4) is 0 Å². The van der Waals surface area contributed by atoms with E-state index in [-0.39, 0.29) is 0 Å². The summed E-state index contributed by atoms with van der Waals surface area (Å²) in [6, 6.07) is 14.2. The summed E-state index contributed by atoms with van der Waals surface area (Å²) in [6.07, 6.45) is 0. The number of nitrogens with one attached hydrogen (secondary N) is 1. The number of nitrogen functional groups attached to an aromatic ring is 1. The van der Waals surface area contributed by atoms with Crippen molar-refractivity contribution in [3.63, 3.8) is 0 Å². The molecule has 0 fully saturated rings. The number of aliphatic imine (C=N–C) groups is 1. The number of nitrogens with two attached hydrogens (primary N) is 1. The zero-order valence-corrected chi connectivity index (χ0v) is 11.1. The lowest BCUT2D eigenvalue weighted by Gasteiger charge is -1.98. The maximum absolute atomic E-state index is 5.97. The lowest BCUT2D eigenvalue weighted by Crippen LogP contribution is -2.76. The van der Waals surface area contributed by atoms with Crippen molar-refractivity contribution >= 4 is 17.4 Å². The van der Waals surface area contributed by atoms with Crippen LogP contribution in [0.5, 0.6) is 0 Å². The fraction of sp³-hybridized carbons (Fsp3) is 0.125. The van der Waals surface area contributed by atoms with Gasteiger partial charge in [-0.3, -0.25) is 0 Å². The number of nitrogens with zero attached hydrogens (tertiary/aromatic N) is 1. The summed E-state index contributed by atoms with van der Waals surface area (Å²) in [5.41, 5.74) is 11.5. The van der Waals surface area contributed by atoms with E-state index in [1.54, 1.807) is 0 Å². The van der Waals surface area contributed by atoms with Crippen molar-refractivity contribution in [3.05, 3.63) is 64.7 Å². The zero-order valence-electron chi connectivity index (χ0n) is 11.1. The zero-order chi connectivity index (χ0) is 13.4. The van der Waals surface area contributed by atoms with Gasteiger partial charge in [0, 0.05) is 0 Å². The van der Waals surface area contributed by atoms with E-state index in [4.69, 9.17) is 5.73 Å². The smallest absolute Gasteiger partial charge is 0.269 e. The second-order valence-electron chi connectivity index (χ2n) is 4.81. The van der Waals surface area contributed by atoms with Gasteiger partial charge >= 0.3 is 0 Å². The lowest BCUT2D eigenvalue weighted by molar-refractivity contribution is -0.311. The minimum atomic E-state index is 0.665. The van der Waals surface area contributed by atoms with E-state index in [2.05, 4.69) is 36.0 Å². The van der Waals surface area contributed by atoms with Crippen LogP contribution in [0.2, 0.25) is 0 Å². The fourth-order valence-corrected chi connectivity index (χ4v) is 2.20. The van der Waals surface area contributed by atoms with Crippen molar-refractivity contribution in [2.24, 2.45) is 10.7 Å². The van der Waals surface area contributed by atoms with Crippen LogP contribution >= 0.6 is 0 Å². The Morgan fingerprint density at radius 3 is 2.42 bits per heavy atom. The van der Waals surface area contributed by atoms with E-state index in [0.717, 1.165) is 22.6 Å². The molecule has 1 heterocycles. The second kappa shape index (κ2) is 4.35. The fourth-order valence-electron chi connectivity index (χ4n) is 2.20. The van der Waals surface area contributed by atoms with Gasteiger partial charge in [-0.25, -0.2) is 4.99 Å². The largest absolute Gasteiger partial charge is 0.318 e.